The Morgan fingerprint density at radius 2 is 2.00 bits per heavy atom. The number of rotatable bonds is 3. The number of aromatic nitrogens is 2. The zero-order chi connectivity index (χ0) is 15.0. The number of aryl methyl sites for hydroxylation is 1. The molecule has 3 aromatic rings. The molecule has 1 aromatic heterocycles. The van der Waals surface area contributed by atoms with Crippen molar-refractivity contribution in [2.75, 3.05) is 5.88 Å². The summed E-state index contributed by atoms with van der Waals surface area (Å²) >= 11 is 15.3. The predicted octanol–water partition coefficient (Wildman–Crippen LogP) is 5.36. The van der Waals surface area contributed by atoms with Gasteiger partial charge in [-0.1, -0.05) is 11.6 Å². The first-order valence-electron chi connectivity index (χ1n) is 6.28. The maximum Gasteiger partial charge on any atom is 0.125 e. The van der Waals surface area contributed by atoms with Crippen LogP contribution in [0.25, 0.3) is 16.7 Å². The first-order valence-corrected chi connectivity index (χ1v) is 7.99. The number of fused-ring (bicyclic) bond motifs is 1. The van der Waals surface area contributed by atoms with Gasteiger partial charge < -0.3 is 0 Å². The number of halogens is 4. The van der Waals surface area contributed by atoms with Crippen LogP contribution in [0.3, 0.4) is 0 Å². The first kappa shape index (κ1) is 14.8. The molecule has 1 heterocycles. The summed E-state index contributed by atoms with van der Waals surface area (Å²) in [5.41, 5.74) is 2.32. The van der Waals surface area contributed by atoms with E-state index in [-0.39, 0.29) is 5.82 Å². The van der Waals surface area contributed by atoms with Crippen molar-refractivity contribution in [3.63, 3.8) is 0 Å². The molecule has 0 bridgehead atoms. The zero-order valence-electron chi connectivity index (χ0n) is 10.8. The van der Waals surface area contributed by atoms with E-state index >= 15 is 0 Å². The second-order valence-corrected chi connectivity index (χ2v) is 6.20. The highest BCUT2D eigenvalue weighted by molar-refractivity contribution is 9.10. The fourth-order valence-electron chi connectivity index (χ4n) is 2.28. The van der Waals surface area contributed by atoms with Gasteiger partial charge in [0, 0.05) is 21.8 Å². The van der Waals surface area contributed by atoms with E-state index in [1.54, 1.807) is 18.2 Å². The van der Waals surface area contributed by atoms with Crippen LogP contribution >= 0.6 is 39.1 Å². The number of alkyl halides is 1. The van der Waals surface area contributed by atoms with Crippen molar-refractivity contribution in [3.05, 3.63) is 57.5 Å². The molecule has 2 aromatic carbocycles. The highest BCUT2D eigenvalue weighted by Crippen LogP contribution is 2.29. The SMILES string of the molecule is Fc1ccc(Br)c(-n2c(CCCl)nc3cc(Cl)ccc32)c1. The lowest BCUT2D eigenvalue weighted by atomic mass is 10.2. The molecular weight excluding hydrogens is 378 g/mol. The Morgan fingerprint density at radius 1 is 1.19 bits per heavy atom. The van der Waals surface area contributed by atoms with Crippen molar-refractivity contribution in [2.45, 2.75) is 6.42 Å². The minimum Gasteiger partial charge on any atom is -0.295 e. The van der Waals surface area contributed by atoms with Gasteiger partial charge in [-0.05, 0) is 52.3 Å². The maximum absolute atomic E-state index is 13.6. The fourth-order valence-corrected chi connectivity index (χ4v) is 3.04. The highest BCUT2D eigenvalue weighted by Gasteiger charge is 2.15. The molecular formula is C15H10BrCl2FN2. The molecule has 0 atom stereocenters. The van der Waals surface area contributed by atoms with Crippen molar-refractivity contribution in [1.82, 2.24) is 9.55 Å². The quantitative estimate of drug-likeness (QED) is 0.553. The van der Waals surface area contributed by atoms with E-state index in [1.165, 1.54) is 12.1 Å². The molecule has 108 valence electrons. The molecule has 3 rings (SSSR count). The van der Waals surface area contributed by atoms with Crippen LogP contribution in [0, 0.1) is 5.82 Å². The van der Waals surface area contributed by atoms with Gasteiger partial charge in [0.05, 0.1) is 16.7 Å². The predicted molar refractivity (Wildman–Crippen MR) is 88.2 cm³/mol. The average Bonchev–Trinajstić information content (AvgIpc) is 2.79. The molecule has 0 unspecified atom stereocenters. The largest absolute Gasteiger partial charge is 0.295 e. The third-order valence-corrected chi connectivity index (χ3v) is 4.25. The van der Waals surface area contributed by atoms with E-state index in [4.69, 9.17) is 23.2 Å². The topological polar surface area (TPSA) is 17.8 Å². The number of benzene rings is 2. The Hall–Kier alpha value is -1.10. The molecule has 0 saturated carbocycles. The Bertz CT molecular complexity index is 817. The van der Waals surface area contributed by atoms with Crippen LogP contribution in [-0.4, -0.2) is 15.4 Å². The van der Waals surface area contributed by atoms with Crippen LogP contribution < -0.4 is 0 Å². The second kappa shape index (κ2) is 5.95. The molecule has 0 aliphatic rings. The summed E-state index contributed by atoms with van der Waals surface area (Å²) in [7, 11) is 0. The monoisotopic (exact) mass is 386 g/mol. The van der Waals surface area contributed by atoms with Crippen LogP contribution in [0.2, 0.25) is 5.02 Å². The van der Waals surface area contributed by atoms with Gasteiger partial charge >= 0.3 is 0 Å². The molecule has 0 fully saturated rings. The zero-order valence-corrected chi connectivity index (χ0v) is 13.9. The normalized spacial score (nSPS) is 11.2. The van der Waals surface area contributed by atoms with Crippen LogP contribution in [0.15, 0.2) is 40.9 Å². The minimum absolute atomic E-state index is 0.305. The molecule has 21 heavy (non-hydrogen) atoms. The van der Waals surface area contributed by atoms with Gasteiger partial charge in [-0.15, -0.1) is 11.6 Å². The molecule has 0 N–H and O–H groups in total. The van der Waals surface area contributed by atoms with Gasteiger partial charge in [-0.3, -0.25) is 4.57 Å². The average molecular weight is 388 g/mol. The van der Waals surface area contributed by atoms with Crippen LogP contribution in [0.5, 0.6) is 0 Å². The van der Waals surface area contributed by atoms with Gasteiger partial charge in [0.1, 0.15) is 11.6 Å². The number of nitrogens with zero attached hydrogens (tertiary/aromatic N) is 2. The lowest BCUT2D eigenvalue weighted by Crippen LogP contribution is -2.03. The third-order valence-electron chi connectivity index (χ3n) is 3.15. The maximum atomic E-state index is 13.6. The van der Waals surface area contributed by atoms with E-state index < -0.39 is 0 Å². The Labute approximate surface area is 139 Å². The standard InChI is InChI=1S/C15H10BrCl2FN2/c16-11-3-2-10(19)8-14(11)21-13-4-1-9(18)7-12(13)20-15(21)5-6-17/h1-4,7-8H,5-6H2. The summed E-state index contributed by atoms with van der Waals surface area (Å²) in [6.45, 7) is 0. The van der Waals surface area contributed by atoms with E-state index in [0.29, 0.717) is 23.0 Å². The fraction of sp³-hybridized carbons (Fsp3) is 0.133. The van der Waals surface area contributed by atoms with E-state index in [1.807, 2.05) is 10.6 Å². The van der Waals surface area contributed by atoms with Crippen molar-refractivity contribution >= 4 is 50.2 Å². The number of hydrogen-bond donors (Lipinski definition) is 0. The number of imidazole rings is 1. The Balaban J connectivity index is 2.33. The van der Waals surface area contributed by atoms with Crippen molar-refractivity contribution in [2.24, 2.45) is 0 Å². The van der Waals surface area contributed by atoms with Crippen molar-refractivity contribution < 1.29 is 4.39 Å². The summed E-state index contributed by atoms with van der Waals surface area (Å²) in [6.07, 6.45) is 0.580. The molecule has 0 amide bonds. The van der Waals surface area contributed by atoms with Crippen molar-refractivity contribution in [3.8, 4) is 5.69 Å². The van der Waals surface area contributed by atoms with E-state index in [0.717, 1.165) is 21.3 Å². The van der Waals surface area contributed by atoms with Gasteiger partial charge in [0.25, 0.3) is 0 Å². The van der Waals surface area contributed by atoms with E-state index in [2.05, 4.69) is 20.9 Å². The molecule has 0 saturated heterocycles. The first-order chi connectivity index (χ1) is 10.1. The summed E-state index contributed by atoms with van der Waals surface area (Å²) in [5.74, 6) is 0.902. The molecule has 6 heteroatoms. The molecule has 2 nitrogen and oxygen atoms in total. The van der Waals surface area contributed by atoms with Crippen LogP contribution in [-0.2, 0) is 6.42 Å². The summed E-state index contributed by atoms with van der Waals surface area (Å²) in [6, 6.07) is 10.0. The second-order valence-electron chi connectivity index (χ2n) is 4.53. The third kappa shape index (κ3) is 2.80. The lowest BCUT2D eigenvalue weighted by Gasteiger charge is -2.11. The molecule has 0 radical (unpaired) electrons. The molecule has 0 spiro atoms. The smallest absolute Gasteiger partial charge is 0.125 e. The van der Waals surface area contributed by atoms with Crippen LogP contribution in [0.4, 0.5) is 4.39 Å². The summed E-state index contributed by atoms with van der Waals surface area (Å²) in [4.78, 5) is 4.56. The van der Waals surface area contributed by atoms with Gasteiger partial charge in [-0.25, -0.2) is 9.37 Å². The molecule has 0 aliphatic carbocycles. The van der Waals surface area contributed by atoms with Gasteiger partial charge in [-0.2, -0.15) is 0 Å². The Kier molecular flexibility index (Phi) is 4.20. The summed E-state index contributed by atoms with van der Waals surface area (Å²) < 4.78 is 16.3. The number of hydrogen-bond acceptors (Lipinski definition) is 1. The highest BCUT2D eigenvalue weighted by atomic mass is 79.9. The Morgan fingerprint density at radius 3 is 2.76 bits per heavy atom. The van der Waals surface area contributed by atoms with Gasteiger partial charge in [0.15, 0.2) is 0 Å². The van der Waals surface area contributed by atoms with E-state index in [9.17, 15) is 4.39 Å². The van der Waals surface area contributed by atoms with Gasteiger partial charge in [0.2, 0.25) is 0 Å². The van der Waals surface area contributed by atoms with Crippen molar-refractivity contribution in [1.29, 1.82) is 0 Å². The molecule has 0 aliphatic heterocycles. The summed E-state index contributed by atoms with van der Waals surface area (Å²) in [5, 5.41) is 0.614. The van der Waals surface area contributed by atoms with Crippen LogP contribution in [0.1, 0.15) is 5.82 Å². The minimum atomic E-state index is -0.305. The lowest BCUT2D eigenvalue weighted by molar-refractivity contribution is 0.626.